The summed E-state index contributed by atoms with van der Waals surface area (Å²) in [4.78, 5) is 48.7. The van der Waals surface area contributed by atoms with Crippen LogP contribution in [-0.2, 0) is 16.2 Å². The van der Waals surface area contributed by atoms with Gasteiger partial charge in [0.05, 0.1) is 20.7 Å². The molecule has 0 radical (unpaired) electrons. The predicted octanol–water partition coefficient (Wildman–Crippen LogP) is 5.15. The summed E-state index contributed by atoms with van der Waals surface area (Å²) in [5.74, 6) is -1.12. The number of ether oxygens (including phenoxy) is 1. The average Bonchev–Trinajstić information content (AvgIpc) is 2.83. The maximum atomic E-state index is 13.0. The number of benzene rings is 3. The lowest BCUT2D eigenvalue weighted by molar-refractivity contribution is -0.384. The van der Waals surface area contributed by atoms with E-state index in [2.05, 4.69) is 5.32 Å². The largest absolute Gasteiger partial charge is 0.489 e. The molecule has 0 unspecified atom stereocenters. The van der Waals surface area contributed by atoms with E-state index < -0.39 is 22.8 Å². The average molecular weight is 512 g/mol. The van der Waals surface area contributed by atoms with Crippen LogP contribution in [0.25, 0.3) is 6.08 Å². The summed E-state index contributed by atoms with van der Waals surface area (Å²) >= 11 is 11.9. The molecule has 1 aliphatic heterocycles. The first kappa shape index (κ1) is 23.9. The lowest BCUT2D eigenvalue weighted by atomic mass is 10.1. The van der Waals surface area contributed by atoms with Gasteiger partial charge in [0.2, 0.25) is 0 Å². The monoisotopic (exact) mass is 511 g/mol. The Kier molecular flexibility index (Phi) is 6.81. The molecule has 4 amide bonds. The number of hydrogen-bond donors (Lipinski definition) is 1. The number of imide groups is 2. The van der Waals surface area contributed by atoms with Crippen LogP contribution >= 0.6 is 23.2 Å². The molecule has 1 heterocycles. The number of nitrogens with one attached hydrogen (secondary N) is 1. The van der Waals surface area contributed by atoms with Crippen LogP contribution in [0.5, 0.6) is 5.75 Å². The zero-order valence-electron chi connectivity index (χ0n) is 17.7. The fraction of sp³-hybridized carbons (Fsp3) is 0.0417. The molecule has 0 atom stereocenters. The third-order valence-corrected chi connectivity index (χ3v) is 5.75. The minimum Gasteiger partial charge on any atom is -0.489 e. The van der Waals surface area contributed by atoms with E-state index in [0.717, 1.165) is 10.5 Å². The van der Waals surface area contributed by atoms with Crippen LogP contribution < -0.4 is 15.0 Å². The highest BCUT2D eigenvalue weighted by Crippen LogP contribution is 2.29. The van der Waals surface area contributed by atoms with Crippen molar-refractivity contribution in [2.75, 3.05) is 4.90 Å². The SMILES string of the molecule is O=C1NC(=O)N(c2ccc(Cl)c(Cl)c2)C(=O)/C1=C/c1ccc(OCc2ccc([N+](=O)[O-])cc2)cc1. The van der Waals surface area contributed by atoms with Gasteiger partial charge >= 0.3 is 6.03 Å². The number of nitro groups is 1. The molecule has 176 valence electrons. The van der Waals surface area contributed by atoms with Gasteiger partial charge in [-0.05, 0) is 59.7 Å². The van der Waals surface area contributed by atoms with Crippen molar-refractivity contribution in [1.82, 2.24) is 5.32 Å². The van der Waals surface area contributed by atoms with Crippen LogP contribution in [-0.4, -0.2) is 22.8 Å². The van der Waals surface area contributed by atoms with Crippen LogP contribution in [0.1, 0.15) is 11.1 Å². The van der Waals surface area contributed by atoms with Crippen molar-refractivity contribution in [3.63, 3.8) is 0 Å². The van der Waals surface area contributed by atoms with Crippen molar-refractivity contribution in [3.8, 4) is 5.75 Å². The van der Waals surface area contributed by atoms with Gasteiger partial charge in [0.15, 0.2) is 0 Å². The Hall–Kier alpha value is -4.21. The molecule has 1 aliphatic rings. The first-order chi connectivity index (χ1) is 16.7. The zero-order chi connectivity index (χ0) is 25.1. The highest BCUT2D eigenvalue weighted by Gasteiger charge is 2.37. The highest BCUT2D eigenvalue weighted by atomic mass is 35.5. The molecule has 35 heavy (non-hydrogen) atoms. The Morgan fingerprint density at radius 3 is 2.26 bits per heavy atom. The minimum absolute atomic E-state index is 0.00753. The normalized spacial score (nSPS) is 14.7. The van der Waals surface area contributed by atoms with Gasteiger partial charge in [0, 0.05) is 12.1 Å². The quantitative estimate of drug-likeness (QED) is 0.211. The number of anilines is 1. The summed E-state index contributed by atoms with van der Waals surface area (Å²) in [6, 6.07) is 15.9. The number of nitrogens with zero attached hydrogens (tertiary/aromatic N) is 2. The van der Waals surface area contributed by atoms with Crippen LogP contribution in [0, 0.1) is 10.1 Å². The maximum absolute atomic E-state index is 13.0. The Bertz CT molecular complexity index is 1370. The van der Waals surface area contributed by atoms with Crippen LogP contribution in [0.4, 0.5) is 16.2 Å². The Balaban J connectivity index is 1.49. The number of urea groups is 1. The summed E-state index contributed by atoms with van der Waals surface area (Å²) in [6.45, 7) is 0.194. The summed E-state index contributed by atoms with van der Waals surface area (Å²) < 4.78 is 5.68. The van der Waals surface area contributed by atoms with Crippen LogP contribution in [0.15, 0.2) is 72.3 Å². The van der Waals surface area contributed by atoms with Gasteiger partial charge in [-0.1, -0.05) is 35.3 Å². The number of non-ortho nitro benzene ring substituents is 1. The first-order valence-electron chi connectivity index (χ1n) is 10.1. The topological polar surface area (TPSA) is 119 Å². The van der Waals surface area contributed by atoms with E-state index in [0.29, 0.717) is 11.3 Å². The Labute approximate surface area is 208 Å². The third-order valence-electron chi connectivity index (χ3n) is 5.01. The molecule has 1 N–H and O–H groups in total. The second kappa shape index (κ2) is 9.96. The summed E-state index contributed by atoms with van der Waals surface area (Å²) in [6.07, 6.45) is 1.36. The second-order valence-electron chi connectivity index (χ2n) is 7.34. The number of amides is 4. The molecule has 4 rings (SSSR count). The lowest BCUT2D eigenvalue weighted by Gasteiger charge is -2.26. The molecule has 3 aromatic carbocycles. The van der Waals surface area contributed by atoms with E-state index in [1.54, 1.807) is 36.4 Å². The predicted molar refractivity (Wildman–Crippen MR) is 129 cm³/mol. The number of halogens is 2. The molecule has 9 nitrogen and oxygen atoms in total. The van der Waals surface area contributed by atoms with Crippen molar-refractivity contribution in [3.05, 3.63) is 104 Å². The van der Waals surface area contributed by atoms with Crippen LogP contribution in [0.2, 0.25) is 10.0 Å². The smallest absolute Gasteiger partial charge is 0.335 e. The Morgan fingerprint density at radius 1 is 0.943 bits per heavy atom. The summed E-state index contributed by atoms with van der Waals surface area (Å²) in [5, 5.41) is 13.3. The second-order valence-corrected chi connectivity index (χ2v) is 8.15. The van der Waals surface area contributed by atoms with Gasteiger partial charge in [-0.2, -0.15) is 0 Å². The molecule has 0 saturated carbocycles. The standard InChI is InChI=1S/C24H15Cl2N3O6/c25-20-10-7-17(12-21(20)26)28-23(31)19(22(30)27-24(28)32)11-14-3-8-18(9-4-14)35-13-15-1-5-16(6-2-15)29(33)34/h1-12H,13H2,(H,27,30,32)/b19-11+. The minimum atomic E-state index is -0.898. The summed E-state index contributed by atoms with van der Waals surface area (Å²) in [7, 11) is 0. The van der Waals surface area contributed by atoms with E-state index in [1.807, 2.05) is 0 Å². The van der Waals surface area contributed by atoms with E-state index >= 15 is 0 Å². The van der Waals surface area contributed by atoms with Gasteiger partial charge in [-0.25, -0.2) is 9.69 Å². The van der Waals surface area contributed by atoms with E-state index in [9.17, 15) is 24.5 Å². The molecular weight excluding hydrogens is 497 g/mol. The molecule has 0 aromatic heterocycles. The number of rotatable bonds is 6. The van der Waals surface area contributed by atoms with Gasteiger partial charge < -0.3 is 4.74 Å². The zero-order valence-corrected chi connectivity index (χ0v) is 19.2. The third kappa shape index (κ3) is 5.32. The molecule has 1 saturated heterocycles. The number of barbiturate groups is 1. The Morgan fingerprint density at radius 2 is 1.63 bits per heavy atom. The van der Waals surface area contributed by atoms with Crippen LogP contribution in [0.3, 0.4) is 0 Å². The fourth-order valence-corrected chi connectivity index (χ4v) is 3.52. The van der Waals surface area contributed by atoms with Gasteiger partial charge in [0.1, 0.15) is 17.9 Å². The van der Waals surface area contributed by atoms with E-state index in [-0.39, 0.29) is 33.6 Å². The maximum Gasteiger partial charge on any atom is 0.335 e. The number of carbonyl (C=O) groups excluding carboxylic acids is 3. The highest BCUT2D eigenvalue weighted by molar-refractivity contribution is 6.43. The van der Waals surface area contributed by atoms with Crippen molar-refractivity contribution in [2.24, 2.45) is 0 Å². The van der Waals surface area contributed by atoms with Crippen molar-refractivity contribution < 1.29 is 24.0 Å². The summed E-state index contributed by atoms with van der Waals surface area (Å²) in [5.41, 5.74) is 1.19. The lowest BCUT2D eigenvalue weighted by Crippen LogP contribution is -2.54. The molecule has 0 aliphatic carbocycles. The molecule has 11 heteroatoms. The number of carbonyl (C=O) groups is 3. The van der Waals surface area contributed by atoms with Gasteiger partial charge in [-0.15, -0.1) is 0 Å². The van der Waals surface area contributed by atoms with E-state index in [4.69, 9.17) is 27.9 Å². The molecule has 0 bridgehead atoms. The molecule has 3 aromatic rings. The fourth-order valence-electron chi connectivity index (χ4n) is 3.22. The van der Waals surface area contributed by atoms with Crippen molar-refractivity contribution in [1.29, 1.82) is 0 Å². The number of nitro benzene ring substituents is 1. The van der Waals surface area contributed by atoms with E-state index in [1.165, 1.54) is 36.4 Å². The molecule has 0 spiro atoms. The van der Waals surface area contributed by atoms with Gasteiger partial charge in [0.25, 0.3) is 17.5 Å². The van der Waals surface area contributed by atoms with Gasteiger partial charge in [-0.3, -0.25) is 25.0 Å². The molecule has 1 fully saturated rings. The first-order valence-corrected chi connectivity index (χ1v) is 10.8. The number of hydrogen-bond acceptors (Lipinski definition) is 6. The van der Waals surface area contributed by atoms with Crippen molar-refractivity contribution >= 4 is 58.5 Å². The molecular formula is C24H15Cl2N3O6. The van der Waals surface area contributed by atoms with Crippen molar-refractivity contribution in [2.45, 2.75) is 6.61 Å².